The predicted octanol–water partition coefficient (Wildman–Crippen LogP) is 3.94. The van der Waals surface area contributed by atoms with Crippen molar-refractivity contribution in [1.29, 1.82) is 0 Å². The Bertz CT molecular complexity index is 316. The highest BCUT2D eigenvalue weighted by Crippen LogP contribution is 2.27. The molecule has 1 aromatic rings. The molecule has 0 fully saturated rings. The van der Waals surface area contributed by atoms with E-state index in [1.165, 1.54) is 5.69 Å². The Hall–Kier alpha value is -0.760. The van der Waals surface area contributed by atoms with Gasteiger partial charge in [-0.3, -0.25) is 0 Å². The van der Waals surface area contributed by atoms with Crippen molar-refractivity contribution >= 4 is 27.7 Å². The van der Waals surface area contributed by atoms with Crippen molar-refractivity contribution in [3.8, 4) is 0 Å². The minimum Gasteiger partial charge on any atom is -0.371 e. The number of anilines is 1. The summed E-state index contributed by atoms with van der Waals surface area (Å²) in [6, 6.07) is 6.32. The van der Waals surface area contributed by atoms with Gasteiger partial charge in [0.05, 0.1) is 5.69 Å². The summed E-state index contributed by atoms with van der Waals surface area (Å²) >= 11 is 3.58. The molecule has 1 nitrogen and oxygen atoms in total. The van der Waals surface area contributed by atoms with Gasteiger partial charge in [0.1, 0.15) is 0 Å². The highest BCUT2D eigenvalue weighted by atomic mass is 79.9. The van der Waals surface area contributed by atoms with E-state index in [0.29, 0.717) is 0 Å². The van der Waals surface area contributed by atoms with Gasteiger partial charge in [-0.1, -0.05) is 18.7 Å². The van der Waals surface area contributed by atoms with Gasteiger partial charge in [-0.2, -0.15) is 0 Å². The summed E-state index contributed by atoms with van der Waals surface area (Å²) < 4.78 is 1.14. The topological polar surface area (TPSA) is 3.24 Å². The number of benzene rings is 1. The minimum atomic E-state index is 1.03. The molecule has 0 bridgehead atoms. The van der Waals surface area contributed by atoms with E-state index in [0.717, 1.165) is 23.1 Å². The Morgan fingerprint density at radius 3 is 2.43 bits per heavy atom. The van der Waals surface area contributed by atoms with Crippen molar-refractivity contribution in [1.82, 2.24) is 0 Å². The highest BCUT2D eigenvalue weighted by molar-refractivity contribution is 9.10. The fourth-order valence-corrected chi connectivity index (χ4v) is 2.12. The van der Waals surface area contributed by atoms with Gasteiger partial charge in [-0.05, 0) is 47.5 Å². The number of hydrogen-bond donors (Lipinski definition) is 0. The van der Waals surface area contributed by atoms with Gasteiger partial charge >= 0.3 is 0 Å². The number of hydrogen-bond acceptors (Lipinski definition) is 1. The van der Waals surface area contributed by atoms with Crippen LogP contribution >= 0.6 is 15.9 Å². The number of nitrogens with zero attached hydrogens (tertiary/aromatic N) is 1. The summed E-state index contributed by atoms with van der Waals surface area (Å²) in [6.45, 7) is 10.1. The molecule has 0 heterocycles. The van der Waals surface area contributed by atoms with Crippen molar-refractivity contribution in [2.24, 2.45) is 0 Å². The lowest BCUT2D eigenvalue weighted by molar-refractivity contribution is 0.864. The van der Waals surface area contributed by atoms with Crippen LogP contribution < -0.4 is 4.90 Å². The van der Waals surface area contributed by atoms with Crippen LogP contribution in [-0.2, 0) is 0 Å². The molecule has 0 saturated heterocycles. The standard InChI is InChI=1S/C12H16BrN/c1-4-10-7-8-12(11(13)9-10)14(5-2)6-3/h4,7-9H,1,5-6H2,2-3H3. The zero-order valence-electron chi connectivity index (χ0n) is 8.76. The quantitative estimate of drug-likeness (QED) is 0.786. The van der Waals surface area contributed by atoms with Gasteiger partial charge in [-0.15, -0.1) is 0 Å². The van der Waals surface area contributed by atoms with Crippen molar-refractivity contribution in [2.75, 3.05) is 18.0 Å². The first kappa shape index (κ1) is 11.3. The minimum absolute atomic E-state index is 1.03. The Labute approximate surface area is 94.6 Å². The maximum Gasteiger partial charge on any atom is 0.0510 e. The average Bonchev–Trinajstić information content (AvgIpc) is 2.22. The molecule has 0 aromatic heterocycles. The van der Waals surface area contributed by atoms with Crippen molar-refractivity contribution in [3.05, 3.63) is 34.8 Å². The average molecular weight is 254 g/mol. The van der Waals surface area contributed by atoms with Gasteiger partial charge in [0.15, 0.2) is 0 Å². The molecule has 0 aliphatic rings. The summed E-state index contributed by atoms with van der Waals surface area (Å²) in [7, 11) is 0. The molecular formula is C12H16BrN. The van der Waals surface area contributed by atoms with E-state index in [1.807, 2.05) is 6.08 Å². The fraction of sp³-hybridized carbons (Fsp3) is 0.333. The molecule has 14 heavy (non-hydrogen) atoms. The SMILES string of the molecule is C=Cc1ccc(N(CC)CC)c(Br)c1. The van der Waals surface area contributed by atoms with Gasteiger partial charge in [0, 0.05) is 17.6 Å². The molecule has 1 aromatic carbocycles. The number of halogens is 1. The molecule has 0 spiro atoms. The smallest absolute Gasteiger partial charge is 0.0510 e. The monoisotopic (exact) mass is 253 g/mol. The molecule has 76 valence electrons. The van der Waals surface area contributed by atoms with Crippen LogP contribution in [0.25, 0.3) is 6.08 Å². The Balaban J connectivity index is 3.03. The summed E-state index contributed by atoms with van der Waals surface area (Å²) in [5.41, 5.74) is 2.40. The lowest BCUT2D eigenvalue weighted by Crippen LogP contribution is -2.22. The van der Waals surface area contributed by atoms with Gasteiger partial charge in [-0.25, -0.2) is 0 Å². The zero-order chi connectivity index (χ0) is 10.6. The van der Waals surface area contributed by atoms with Gasteiger partial charge < -0.3 is 4.90 Å². The molecule has 0 unspecified atom stereocenters. The van der Waals surface area contributed by atoms with Crippen LogP contribution in [0.1, 0.15) is 19.4 Å². The van der Waals surface area contributed by atoms with Crippen LogP contribution in [0.4, 0.5) is 5.69 Å². The van der Waals surface area contributed by atoms with Crippen LogP contribution in [-0.4, -0.2) is 13.1 Å². The third kappa shape index (κ3) is 2.38. The van der Waals surface area contributed by atoms with Crippen LogP contribution in [0.2, 0.25) is 0 Å². The van der Waals surface area contributed by atoms with Crippen LogP contribution in [0.3, 0.4) is 0 Å². The van der Waals surface area contributed by atoms with Crippen LogP contribution in [0.15, 0.2) is 29.3 Å². The molecule has 0 aliphatic carbocycles. The van der Waals surface area contributed by atoms with E-state index in [-0.39, 0.29) is 0 Å². The normalized spacial score (nSPS) is 9.93. The second-order valence-electron chi connectivity index (χ2n) is 3.09. The summed E-state index contributed by atoms with van der Waals surface area (Å²) in [6.07, 6.45) is 1.86. The fourth-order valence-electron chi connectivity index (χ4n) is 1.47. The third-order valence-electron chi connectivity index (χ3n) is 2.31. The Morgan fingerprint density at radius 2 is 2.00 bits per heavy atom. The Kier molecular flexibility index (Phi) is 4.21. The lowest BCUT2D eigenvalue weighted by atomic mass is 10.2. The summed E-state index contributed by atoms with van der Waals surface area (Å²) in [5.74, 6) is 0. The second kappa shape index (κ2) is 5.20. The molecule has 0 N–H and O–H groups in total. The van der Waals surface area contributed by atoms with E-state index < -0.39 is 0 Å². The second-order valence-corrected chi connectivity index (χ2v) is 3.94. The van der Waals surface area contributed by atoms with Gasteiger partial charge in [0.25, 0.3) is 0 Å². The maximum atomic E-state index is 3.75. The molecule has 0 saturated carbocycles. The first-order valence-corrected chi connectivity index (χ1v) is 5.69. The molecule has 1 rings (SSSR count). The van der Waals surface area contributed by atoms with Crippen LogP contribution in [0.5, 0.6) is 0 Å². The van der Waals surface area contributed by atoms with Gasteiger partial charge in [0.2, 0.25) is 0 Å². The molecule has 0 atom stereocenters. The van der Waals surface area contributed by atoms with Crippen LogP contribution in [0, 0.1) is 0 Å². The van der Waals surface area contributed by atoms with Crippen molar-refractivity contribution in [2.45, 2.75) is 13.8 Å². The highest BCUT2D eigenvalue weighted by Gasteiger charge is 2.05. The van der Waals surface area contributed by atoms with E-state index in [4.69, 9.17) is 0 Å². The van der Waals surface area contributed by atoms with Crippen molar-refractivity contribution in [3.63, 3.8) is 0 Å². The Morgan fingerprint density at radius 1 is 1.36 bits per heavy atom. The first-order valence-electron chi connectivity index (χ1n) is 4.89. The first-order chi connectivity index (χ1) is 6.72. The number of rotatable bonds is 4. The summed E-state index contributed by atoms with van der Waals surface area (Å²) in [4.78, 5) is 2.32. The van der Waals surface area contributed by atoms with E-state index in [9.17, 15) is 0 Å². The predicted molar refractivity (Wildman–Crippen MR) is 67.8 cm³/mol. The van der Waals surface area contributed by atoms with Crippen molar-refractivity contribution < 1.29 is 0 Å². The summed E-state index contributed by atoms with van der Waals surface area (Å²) in [5, 5.41) is 0. The maximum absolute atomic E-state index is 3.75. The molecule has 0 amide bonds. The molecule has 0 aliphatic heterocycles. The zero-order valence-corrected chi connectivity index (χ0v) is 10.3. The lowest BCUT2D eigenvalue weighted by Gasteiger charge is -2.22. The van der Waals surface area contributed by atoms with E-state index in [1.54, 1.807) is 0 Å². The molecular weight excluding hydrogens is 238 g/mol. The third-order valence-corrected chi connectivity index (χ3v) is 2.95. The van der Waals surface area contributed by atoms with E-state index in [2.05, 4.69) is 59.5 Å². The largest absolute Gasteiger partial charge is 0.371 e. The van der Waals surface area contributed by atoms with E-state index >= 15 is 0 Å². The molecule has 2 heteroatoms. The molecule has 0 radical (unpaired) electrons.